The molecular weight excluding hydrogens is 188 g/mol. The highest BCUT2D eigenvalue weighted by Crippen LogP contribution is 2.18. The standard InChI is InChI=1S/C9H15ClN2O/c1-3-4-7-9(10)12(2)8(11-7)5-6-13/h13H,3-6H2,1-2H3. The highest BCUT2D eigenvalue weighted by molar-refractivity contribution is 6.30. The van der Waals surface area contributed by atoms with E-state index >= 15 is 0 Å². The Balaban J connectivity index is 2.90. The predicted octanol–water partition coefficient (Wildman–Crippen LogP) is 1.56. The fourth-order valence-electron chi connectivity index (χ4n) is 1.30. The zero-order chi connectivity index (χ0) is 9.84. The number of aliphatic hydroxyl groups is 1. The molecule has 74 valence electrons. The first-order valence-corrected chi connectivity index (χ1v) is 4.89. The van der Waals surface area contributed by atoms with Crippen LogP contribution in [0.3, 0.4) is 0 Å². The number of aryl methyl sites for hydroxylation is 1. The van der Waals surface area contributed by atoms with E-state index in [9.17, 15) is 0 Å². The maximum Gasteiger partial charge on any atom is 0.131 e. The summed E-state index contributed by atoms with van der Waals surface area (Å²) < 4.78 is 1.84. The average Bonchev–Trinajstić information content (AvgIpc) is 2.36. The summed E-state index contributed by atoms with van der Waals surface area (Å²) in [6.07, 6.45) is 2.51. The summed E-state index contributed by atoms with van der Waals surface area (Å²) in [7, 11) is 1.87. The molecule has 13 heavy (non-hydrogen) atoms. The second-order valence-electron chi connectivity index (χ2n) is 3.05. The van der Waals surface area contributed by atoms with Crippen molar-refractivity contribution < 1.29 is 5.11 Å². The van der Waals surface area contributed by atoms with Gasteiger partial charge in [0.2, 0.25) is 0 Å². The number of halogens is 1. The third-order valence-electron chi connectivity index (χ3n) is 2.01. The molecule has 0 radical (unpaired) electrons. The molecule has 0 amide bonds. The fourth-order valence-corrected chi connectivity index (χ4v) is 1.54. The van der Waals surface area contributed by atoms with Crippen LogP contribution in [0.2, 0.25) is 5.15 Å². The van der Waals surface area contributed by atoms with E-state index in [2.05, 4.69) is 11.9 Å². The molecule has 0 aliphatic rings. The molecule has 0 atom stereocenters. The van der Waals surface area contributed by atoms with E-state index in [1.165, 1.54) is 0 Å². The van der Waals surface area contributed by atoms with Crippen molar-refractivity contribution in [3.05, 3.63) is 16.7 Å². The Morgan fingerprint density at radius 3 is 2.69 bits per heavy atom. The third kappa shape index (κ3) is 2.23. The average molecular weight is 203 g/mol. The number of hydrogen-bond acceptors (Lipinski definition) is 2. The lowest BCUT2D eigenvalue weighted by Crippen LogP contribution is -2.00. The van der Waals surface area contributed by atoms with Gasteiger partial charge in [-0.05, 0) is 6.42 Å². The highest BCUT2D eigenvalue weighted by atomic mass is 35.5. The minimum absolute atomic E-state index is 0.118. The molecule has 1 N–H and O–H groups in total. The van der Waals surface area contributed by atoms with Gasteiger partial charge in [0.1, 0.15) is 11.0 Å². The number of aliphatic hydroxyl groups excluding tert-OH is 1. The van der Waals surface area contributed by atoms with E-state index in [0.29, 0.717) is 11.6 Å². The minimum atomic E-state index is 0.118. The highest BCUT2D eigenvalue weighted by Gasteiger charge is 2.10. The molecule has 0 aromatic carbocycles. The Labute approximate surface area is 83.4 Å². The molecule has 1 aromatic heterocycles. The van der Waals surface area contributed by atoms with Gasteiger partial charge in [0.25, 0.3) is 0 Å². The van der Waals surface area contributed by atoms with E-state index in [-0.39, 0.29) is 6.61 Å². The first-order chi connectivity index (χ1) is 6.20. The van der Waals surface area contributed by atoms with Crippen molar-refractivity contribution in [3.8, 4) is 0 Å². The van der Waals surface area contributed by atoms with Crippen LogP contribution in [0.5, 0.6) is 0 Å². The van der Waals surface area contributed by atoms with E-state index < -0.39 is 0 Å². The quantitative estimate of drug-likeness (QED) is 0.805. The summed E-state index contributed by atoms with van der Waals surface area (Å²) >= 11 is 6.05. The summed E-state index contributed by atoms with van der Waals surface area (Å²) in [6, 6.07) is 0. The van der Waals surface area contributed by atoms with E-state index in [0.717, 1.165) is 24.4 Å². The van der Waals surface area contributed by atoms with Gasteiger partial charge >= 0.3 is 0 Å². The van der Waals surface area contributed by atoms with Gasteiger partial charge in [-0.25, -0.2) is 4.98 Å². The lowest BCUT2D eigenvalue weighted by Gasteiger charge is -1.98. The molecular formula is C9H15ClN2O. The smallest absolute Gasteiger partial charge is 0.131 e. The normalized spacial score (nSPS) is 10.8. The van der Waals surface area contributed by atoms with Gasteiger partial charge < -0.3 is 9.67 Å². The summed E-state index contributed by atoms with van der Waals surface area (Å²) in [5, 5.41) is 9.48. The number of nitrogens with zero attached hydrogens (tertiary/aromatic N) is 2. The summed E-state index contributed by atoms with van der Waals surface area (Å²) in [5.41, 5.74) is 0.940. The van der Waals surface area contributed by atoms with Crippen LogP contribution < -0.4 is 0 Å². The number of rotatable bonds is 4. The number of aromatic nitrogens is 2. The Bertz CT molecular complexity index is 257. The van der Waals surface area contributed by atoms with Gasteiger partial charge in [-0.3, -0.25) is 0 Å². The second-order valence-corrected chi connectivity index (χ2v) is 3.41. The van der Waals surface area contributed by atoms with Crippen LogP contribution in [0.4, 0.5) is 0 Å². The van der Waals surface area contributed by atoms with Crippen LogP contribution in [-0.2, 0) is 19.9 Å². The number of hydrogen-bond donors (Lipinski definition) is 1. The molecule has 0 unspecified atom stereocenters. The third-order valence-corrected chi connectivity index (χ3v) is 2.48. The van der Waals surface area contributed by atoms with Gasteiger partial charge in [0.05, 0.1) is 12.3 Å². The van der Waals surface area contributed by atoms with Crippen molar-refractivity contribution in [2.24, 2.45) is 7.05 Å². The molecule has 0 aliphatic heterocycles. The monoisotopic (exact) mass is 202 g/mol. The molecule has 3 nitrogen and oxygen atoms in total. The molecule has 0 saturated heterocycles. The van der Waals surface area contributed by atoms with Gasteiger partial charge in [-0.1, -0.05) is 24.9 Å². The summed E-state index contributed by atoms with van der Waals surface area (Å²) in [5.74, 6) is 0.857. The van der Waals surface area contributed by atoms with E-state index in [1.54, 1.807) is 0 Å². The van der Waals surface area contributed by atoms with Crippen LogP contribution in [0.1, 0.15) is 24.9 Å². The predicted molar refractivity (Wildman–Crippen MR) is 53.0 cm³/mol. The van der Waals surface area contributed by atoms with Gasteiger partial charge in [-0.15, -0.1) is 0 Å². The minimum Gasteiger partial charge on any atom is -0.396 e. The van der Waals surface area contributed by atoms with Crippen LogP contribution in [-0.4, -0.2) is 21.3 Å². The van der Waals surface area contributed by atoms with E-state index in [1.807, 2.05) is 11.6 Å². The number of imidazole rings is 1. The molecule has 4 heteroatoms. The van der Waals surface area contributed by atoms with Crippen molar-refractivity contribution in [2.45, 2.75) is 26.2 Å². The van der Waals surface area contributed by atoms with Crippen molar-refractivity contribution in [2.75, 3.05) is 6.61 Å². The van der Waals surface area contributed by atoms with Crippen molar-refractivity contribution in [1.82, 2.24) is 9.55 Å². The zero-order valence-corrected chi connectivity index (χ0v) is 8.80. The van der Waals surface area contributed by atoms with E-state index in [4.69, 9.17) is 16.7 Å². The molecule has 0 fully saturated rings. The molecule has 0 bridgehead atoms. The van der Waals surface area contributed by atoms with Gasteiger partial charge in [0.15, 0.2) is 0 Å². The summed E-state index contributed by atoms with van der Waals surface area (Å²) in [4.78, 5) is 4.36. The molecule has 1 aromatic rings. The lowest BCUT2D eigenvalue weighted by molar-refractivity contribution is 0.295. The SMILES string of the molecule is CCCc1nc(CCO)n(C)c1Cl. The first kappa shape index (κ1) is 10.5. The second kappa shape index (κ2) is 4.63. The Morgan fingerprint density at radius 2 is 2.15 bits per heavy atom. The molecule has 1 heterocycles. The van der Waals surface area contributed by atoms with Crippen molar-refractivity contribution >= 4 is 11.6 Å². The Kier molecular flexibility index (Phi) is 3.75. The molecule has 0 spiro atoms. The van der Waals surface area contributed by atoms with Crippen LogP contribution >= 0.6 is 11.6 Å². The molecule has 0 aliphatic carbocycles. The zero-order valence-electron chi connectivity index (χ0n) is 8.05. The Morgan fingerprint density at radius 1 is 1.46 bits per heavy atom. The summed E-state index contributed by atoms with van der Waals surface area (Å²) in [6.45, 7) is 2.21. The van der Waals surface area contributed by atoms with Gasteiger partial charge in [-0.2, -0.15) is 0 Å². The van der Waals surface area contributed by atoms with Crippen LogP contribution in [0.25, 0.3) is 0 Å². The maximum absolute atomic E-state index is 8.78. The van der Waals surface area contributed by atoms with Crippen molar-refractivity contribution in [1.29, 1.82) is 0 Å². The Hall–Kier alpha value is -0.540. The molecule has 1 rings (SSSR count). The topological polar surface area (TPSA) is 38.1 Å². The maximum atomic E-state index is 8.78. The lowest BCUT2D eigenvalue weighted by atomic mass is 10.3. The largest absolute Gasteiger partial charge is 0.396 e. The molecule has 0 saturated carbocycles. The van der Waals surface area contributed by atoms with Gasteiger partial charge in [0, 0.05) is 13.5 Å². The van der Waals surface area contributed by atoms with Crippen molar-refractivity contribution in [3.63, 3.8) is 0 Å². The fraction of sp³-hybridized carbons (Fsp3) is 0.667. The van der Waals surface area contributed by atoms with Crippen LogP contribution in [0, 0.1) is 0 Å². The van der Waals surface area contributed by atoms with Crippen LogP contribution in [0.15, 0.2) is 0 Å². The first-order valence-electron chi connectivity index (χ1n) is 4.51.